The molecule has 19 heavy (non-hydrogen) atoms. The van der Waals surface area contributed by atoms with Crippen LogP contribution in [0.15, 0.2) is 0 Å². The average molecular weight is 282 g/mol. The van der Waals surface area contributed by atoms with Gasteiger partial charge in [0.05, 0.1) is 12.2 Å². The molecule has 2 atom stereocenters. The average Bonchev–Trinajstić information content (AvgIpc) is 2.41. The molecule has 0 saturated heterocycles. The molecule has 6 nitrogen and oxygen atoms in total. The van der Waals surface area contributed by atoms with E-state index in [2.05, 4.69) is 0 Å². The first kappa shape index (κ1) is 21.1. The van der Waals surface area contributed by atoms with Crippen LogP contribution in [0.1, 0.15) is 39.5 Å². The molecule has 0 aromatic heterocycles. The molecule has 2 unspecified atom stereocenters. The smallest absolute Gasteiger partial charge is 0.146 e. The molecular weight excluding hydrogens is 252 g/mol. The quantitative estimate of drug-likeness (QED) is 0.488. The monoisotopic (exact) mass is 282 g/mol. The first-order valence-electron chi connectivity index (χ1n) is 6.67. The summed E-state index contributed by atoms with van der Waals surface area (Å²) in [6.07, 6.45) is 3.47. The maximum Gasteiger partial charge on any atom is 0.146 e. The van der Waals surface area contributed by atoms with Crippen LogP contribution in [0.25, 0.3) is 0 Å². The Balaban J connectivity index is 0. The minimum absolute atomic E-state index is 0.0575. The molecule has 118 valence electrons. The van der Waals surface area contributed by atoms with Gasteiger partial charge < -0.3 is 29.5 Å². The zero-order valence-electron chi connectivity index (χ0n) is 12.4. The summed E-state index contributed by atoms with van der Waals surface area (Å²) in [4.78, 5) is 0. The number of ether oxygens (including phenoxy) is 3. The normalized spacial score (nSPS) is 13.6. The zero-order chi connectivity index (χ0) is 14.9. The van der Waals surface area contributed by atoms with E-state index in [-0.39, 0.29) is 32.2 Å². The highest BCUT2D eigenvalue weighted by molar-refractivity contribution is 4.48. The first-order chi connectivity index (χ1) is 9.12. The van der Waals surface area contributed by atoms with Crippen LogP contribution in [0.4, 0.5) is 0 Å². The van der Waals surface area contributed by atoms with E-state index in [9.17, 15) is 0 Å². The van der Waals surface area contributed by atoms with Crippen LogP contribution in [0.3, 0.4) is 0 Å². The third-order valence-corrected chi connectivity index (χ3v) is 2.37. The van der Waals surface area contributed by atoms with Gasteiger partial charge >= 0.3 is 0 Å². The number of rotatable bonds is 11. The number of methoxy groups -OCH3 is 1. The van der Waals surface area contributed by atoms with Gasteiger partial charge in [-0.1, -0.05) is 0 Å². The van der Waals surface area contributed by atoms with Gasteiger partial charge in [0.25, 0.3) is 0 Å². The minimum atomic E-state index is -0.230. The molecule has 3 N–H and O–H groups in total. The highest BCUT2D eigenvalue weighted by atomic mass is 16.7. The van der Waals surface area contributed by atoms with Crippen molar-refractivity contribution in [2.45, 2.75) is 51.7 Å². The summed E-state index contributed by atoms with van der Waals surface area (Å²) < 4.78 is 14.7. The second-order valence-corrected chi connectivity index (χ2v) is 4.22. The Morgan fingerprint density at radius 3 is 1.68 bits per heavy atom. The van der Waals surface area contributed by atoms with Crippen molar-refractivity contribution in [2.75, 3.05) is 33.9 Å². The van der Waals surface area contributed by atoms with Crippen LogP contribution in [0, 0.1) is 0 Å². The van der Waals surface area contributed by atoms with Gasteiger partial charge in [0, 0.05) is 20.3 Å². The molecule has 0 aliphatic carbocycles. The fourth-order valence-electron chi connectivity index (χ4n) is 1.24. The summed E-state index contributed by atoms with van der Waals surface area (Å²) in [5.74, 6) is 0. The predicted octanol–water partition coefficient (Wildman–Crippen LogP) is 0.882. The van der Waals surface area contributed by atoms with Crippen molar-refractivity contribution in [1.82, 2.24) is 0 Å². The van der Waals surface area contributed by atoms with E-state index in [1.54, 1.807) is 7.11 Å². The highest BCUT2D eigenvalue weighted by Gasteiger charge is 1.99. The summed E-state index contributed by atoms with van der Waals surface area (Å²) in [7, 11) is 1.60. The van der Waals surface area contributed by atoms with Gasteiger partial charge in [-0.2, -0.15) is 0 Å². The van der Waals surface area contributed by atoms with E-state index in [1.165, 1.54) is 0 Å². The van der Waals surface area contributed by atoms with E-state index in [0.717, 1.165) is 25.7 Å². The number of hydrogen-bond donors (Lipinski definition) is 3. The van der Waals surface area contributed by atoms with Crippen molar-refractivity contribution in [3.63, 3.8) is 0 Å². The third kappa shape index (κ3) is 20.2. The van der Waals surface area contributed by atoms with Crippen molar-refractivity contribution in [3.8, 4) is 0 Å². The third-order valence-electron chi connectivity index (χ3n) is 2.37. The molecule has 0 aromatic carbocycles. The summed E-state index contributed by atoms with van der Waals surface area (Å²) in [5.41, 5.74) is 0. The molecule has 0 aliphatic heterocycles. The van der Waals surface area contributed by atoms with Crippen LogP contribution in [-0.4, -0.2) is 61.4 Å². The Bertz CT molecular complexity index is 148. The van der Waals surface area contributed by atoms with Crippen LogP contribution in [0.2, 0.25) is 0 Å². The zero-order valence-corrected chi connectivity index (χ0v) is 12.4. The molecule has 0 heterocycles. The lowest BCUT2D eigenvalue weighted by molar-refractivity contribution is -0.0685. The molecule has 6 heteroatoms. The summed E-state index contributed by atoms with van der Waals surface area (Å²) in [6, 6.07) is 0. The van der Waals surface area contributed by atoms with Crippen molar-refractivity contribution in [3.05, 3.63) is 0 Å². The van der Waals surface area contributed by atoms with Gasteiger partial charge in [0.1, 0.15) is 13.6 Å². The van der Waals surface area contributed by atoms with Gasteiger partial charge in [-0.15, -0.1) is 0 Å². The Labute approximate surface area is 116 Å². The Morgan fingerprint density at radius 1 is 0.842 bits per heavy atom. The van der Waals surface area contributed by atoms with Crippen LogP contribution >= 0.6 is 0 Å². The van der Waals surface area contributed by atoms with Gasteiger partial charge in [0.2, 0.25) is 0 Å². The van der Waals surface area contributed by atoms with Crippen molar-refractivity contribution in [1.29, 1.82) is 0 Å². The molecule has 0 radical (unpaired) electrons. The summed E-state index contributed by atoms with van der Waals surface area (Å²) in [6.45, 7) is 4.37. The second-order valence-electron chi connectivity index (χ2n) is 4.22. The molecule has 0 saturated carbocycles. The fourth-order valence-corrected chi connectivity index (χ4v) is 1.24. The van der Waals surface area contributed by atoms with Crippen LogP contribution < -0.4 is 0 Å². The van der Waals surface area contributed by atoms with Gasteiger partial charge in [0.15, 0.2) is 0 Å². The standard InChI is InChI=1S/C7H16O3.C6H14O3/c1-7(4-3-5-8)10-6-9-2;1-6(9-5-8)3-2-4-7/h7-8H,3-6H2,1-2H3;6-8H,2-5H2,1H3. The number of aliphatic hydroxyl groups is 3. The van der Waals surface area contributed by atoms with Gasteiger partial charge in [-0.3, -0.25) is 0 Å². The predicted molar refractivity (Wildman–Crippen MR) is 72.7 cm³/mol. The van der Waals surface area contributed by atoms with E-state index in [1.807, 2.05) is 13.8 Å². The molecule has 0 fully saturated rings. The lowest BCUT2D eigenvalue weighted by atomic mass is 10.2. The Kier molecular flexibility index (Phi) is 19.7. The summed E-state index contributed by atoms with van der Waals surface area (Å²) >= 11 is 0. The highest BCUT2D eigenvalue weighted by Crippen LogP contribution is 2.00. The van der Waals surface area contributed by atoms with Crippen molar-refractivity contribution < 1.29 is 29.5 Å². The minimum Gasteiger partial charge on any atom is -0.396 e. The Hall–Kier alpha value is -0.240. The number of aliphatic hydroxyl groups excluding tert-OH is 3. The topological polar surface area (TPSA) is 88.4 Å². The molecule has 0 rings (SSSR count). The lowest BCUT2D eigenvalue weighted by Gasteiger charge is -2.10. The molecular formula is C13H30O6. The van der Waals surface area contributed by atoms with Crippen LogP contribution in [-0.2, 0) is 14.2 Å². The number of hydrogen-bond acceptors (Lipinski definition) is 6. The van der Waals surface area contributed by atoms with Crippen LogP contribution in [0.5, 0.6) is 0 Å². The lowest BCUT2D eigenvalue weighted by Crippen LogP contribution is -2.10. The second kappa shape index (κ2) is 17.8. The summed E-state index contributed by atoms with van der Waals surface area (Å²) in [5, 5.41) is 25.1. The first-order valence-corrected chi connectivity index (χ1v) is 6.67. The van der Waals surface area contributed by atoms with E-state index in [0.29, 0.717) is 6.79 Å². The van der Waals surface area contributed by atoms with E-state index >= 15 is 0 Å². The Morgan fingerprint density at radius 2 is 1.32 bits per heavy atom. The maximum absolute atomic E-state index is 8.45. The molecule has 0 spiro atoms. The largest absolute Gasteiger partial charge is 0.396 e. The van der Waals surface area contributed by atoms with Crippen molar-refractivity contribution in [2.24, 2.45) is 0 Å². The molecule has 0 amide bonds. The maximum atomic E-state index is 8.45. The molecule has 0 aliphatic rings. The van der Waals surface area contributed by atoms with Gasteiger partial charge in [-0.25, -0.2) is 0 Å². The van der Waals surface area contributed by atoms with E-state index < -0.39 is 0 Å². The SMILES string of the molecule is CC(CCCO)OCO.COCOC(C)CCCO. The fraction of sp³-hybridized carbons (Fsp3) is 1.00. The molecule has 0 aromatic rings. The van der Waals surface area contributed by atoms with E-state index in [4.69, 9.17) is 29.5 Å². The van der Waals surface area contributed by atoms with Gasteiger partial charge in [-0.05, 0) is 39.5 Å². The molecule has 0 bridgehead atoms. The van der Waals surface area contributed by atoms with Crippen molar-refractivity contribution >= 4 is 0 Å².